The molecule has 130 valence electrons. The van der Waals surface area contributed by atoms with E-state index in [1.807, 2.05) is 24.3 Å². The van der Waals surface area contributed by atoms with Gasteiger partial charge in [-0.25, -0.2) is 0 Å². The number of hydrogen-bond donors (Lipinski definition) is 2. The van der Waals surface area contributed by atoms with Crippen LogP contribution >= 0.6 is 11.3 Å². The molecule has 0 saturated heterocycles. The Balaban J connectivity index is 1.51. The van der Waals surface area contributed by atoms with Crippen LogP contribution in [0, 0.1) is 0 Å². The van der Waals surface area contributed by atoms with E-state index in [9.17, 15) is 0 Å². The van der Waals surface area contributed by atoms with E-state index in [1.165, 1.54) is 4.88 Å². The Morgan fingerprint density at radius 3 is 2.79 bits per heavy atom. The fourth-order valence-electron chi connectivity index (χ4n) is 2.10. The molecule has 0 spiro atoms. The third-order valence-corrected chi connectivity index (χ3v) is 4.35. The summed E-state index contributed by atoms with van der Waals surface area (Å²) in [6.45, 7) is 2.74. The molecule has 0 atom stereocenters. The number of methoxy groups -OCH3 is 1. The van der Waals surface area contributed by atoms with Gasteiger partial charge >= 0.3 is 0 Å². The van der Waals surface area contributed by atoms with Gasteiger partial charge in [-0.3, -0.25) is 4.99 Å². The van der Waals surface area contributed by atoms with Crippen LogP contribution in [0.2, 0.25) is 0 Å². The molecule has 0 aliphatic heterocycles. The van der Waals surface area contributed by atoms with Crippen LogP contribution in [0.15, 0.2) is 46.8 Å². The Morgan fingerprint density at radius 2 is 2.08 bits per heavy atom. The summed E-state index contributed by atoms with van der Waals surface area (Å²) in [4.78, 5) is 5.65. The molecule has 1 aromatic heterocycles. The number of thiophene rings is 1. The van der Waals surface area contributed by atoms with Gasteiger partial charge in [-0.05, 0) is 42.0 Å². The summed E-state index contributed by atoms with van der Waals surface area (Å²) < 4.78 is 10.8. The molecule has 0 bridgehead atoms. The minimum absolute atomic E-state index is 0.502. The molecular weight excluding hydrogens is 322 g/mol. The van der Waals surface area contributed by atoms with E-state index in [0.717, 1.165) is 30.7 Å². The minimum Gasteiger partial charge on any atom is -0.497 e. The molecule has 2 rings (SSSR count). The van der Waals surface area contributed by atoms with Crippen molar-refractivity contribution >= 4 is 17.3 Å². The van der Waals surface area contributed by atoms with Crippen molar-refractivity contribution in [2.45, 2.75) is 19.4 Å². The van der Waals surface area contributed by atoms with Crippen LogP contribution in [0.3, 0.4) is 0 Å². The van der Waals surface area contributed by atoms with E-state index in [0.29, 0.717) is 25.7 Å². The van der Waals surface area contributed by atoms with E-state index < -0.39 is 0 Å². The van der Waals surface area contributed by atoms with E-state index in [-0.39, 0.29) is 0 Å². The van der Waals surface area contributed by atoms with E-state index >= 15 is 0 Å². The largest absolute Gasteiger partial charge is 0.497 e. The minimum atomic E-state index is 0.502. The molecule has 0 aliphatic carbocycles. The van der Waals surface area contributed by atoms with Crippen LogP contribution in [0.25, 0.3) is 0 Å². The molecular formula is C18H25N3O2S. The highest BCUT2D eigenvalue weighted by Gasteiger charge is 1.97. The summed E-state index contributed by atoms with van der Waals surface area (Å²) in [7, 11) is 1.66. The Kier molecular flexibility index (Phi) is 8.13. The van der Waals surface area contributed by atoms with Crippen LogP contribution in [0.1, 0.15) is 16.9 Å². The fourth-order valence-corrected chi connectivity index (χ4v) is 2.81. The molecule has 0 unspecified atom stereocenters. The first-order chi connectivity index (χ1) is 11.8. The van der Waals surface area contributed by atoms with Gasteiger partial charge in [-0.2, -0.15) is 0 Å². The normalized spacial score (nSPS) is 11.5. The smallest absolute Gasteiger partial charge is 0.188 e. The lowest BCUT2D eigenvalue weighted by molar-refractivity contribution is 0.120. The summed E-state index contributed by atoms with van der Waals surface area (Å²) in [5.74, 6) is 1.36. The quantitative estimate of drug-likeness (QED) is 0.394. The van der Waals surface area contributed by atoms with Gasteiger partial charge in [-0.1, -0.05) is 18.2 Å². The molecule has 2 aromatic rings. The molecule has 0 fully saturated rings. The highest BCUT2D eigenvalue weighted by atomic mass is 32.1. The maximum atomic E-state index is 5.84. The number of guanidine groups is 1. The van der Waals surface area contributed by atoms with Crippen molar-refractivity contribution in [3.63, 3.8) is 0 Å². The van der Waals surface area contributed by atoms with Crippen LogP contribution in [-0.2, 0) is 17.8 Å². The van der Waals surface area contributed by atoms with E-state index in [1.54, 1.807) is 18.4 Å². The third kappa shape index (κ3) is 7.02. The van der Waals surface area contributed by atoms with Crippen molar-refractivity contribution in [2.75, 3.05) is 26.8 Å². The summed E-state index contributed by atoms with van der Waals surface area (Å²) in [5.41, 5.74) is 6.97. The number of ether oxygens (including phenoxy) is 2. The van der Waals surface area contributed by atoms with Crippen LogP contribution in [0.4, 0.5) is 0 Å². The van der Waals surface area contributed by atoms with Gasteiger partial charge in [0, 0.05) is 24.6 Å². The number of nitrogens with one attached hydrogen (secondary N) is 1. The average Bonchev–Trinajstić information content (AvgIpc) is 3.12. The average molecular weight is 347 g/mol. The van der Waals surface area contributed by atoms with Crippen LogP contribution in [0.5, 0.6) is 5.75 Å². The maximum absolute atomic E-state index is 5.84. The lowest BCUT2D eigenvalue weighted by atomic mass is 10.2. The standard InChI is InChI=1S/C18H25N3O2S/c1-22-16-7-5-15(6-8-16)14-23-12-3-10-20-18(19)21-11-9-17-4-2-13-24-17/h2,4-8,13H,3,9-12,14H2,1H3,(H3,19,20,21). The molecule has 0 aliphatic rings. The second-order valence-electron chi connectivity index (χ2n) is 5.28. The predicted molar refractivity (Wildman–Crippen MR) is 99.8 cm³/mol. The summed E-state index contributed by atoms with van der Waals surface area (Å²) in [6, 6.07) is 12.1. The van der Waals surface area contributed by atoms with Crippen molar-refractivity contribution < 1.29 is 9.47 Å². The highest BCUT2D eigenvalue weighted by molar-refractivity contribution is 7.09. The van der Waals surface area contributed by atoms with Crippen molar-refractivity contribution in [1.82, 2.24) is 5.32 Å². The fraction of sp³-hybridized carbons (Fsp3) is 0.389. The maximum Gasteiger partial charge on any atom is 0.188 e. The molecule has 0 amide bonds. The Bertz CT molecular complexity index is 597. The molecule has 3 N–H and O–H groups in total. The zero-order chi connectivity index (χ0) is 17.0. The first-order valence-corrected chi connectivity index (χ1v) is 8.93. The molecule has 5 nitrogen and oxygen atoms in total. The number of rotatable bonds is 10. The molecule has 0 radical (unpaired) electrons. The second kappa shape index (κ2) is 10.7. The third-order valence-electron chi connectivity index (χ3n) is 3.41. The molecule has 1 aromatic carbocycles. The molecule has 24 heavy (non-hydrogen) atoms. The molecule has 0 saturated carbocycles. The lowest BCUT2D eigenvalue weighted by Gasteiger charge is -2.06. The number of nitrogens with zero attached hydrogens (tertiary/aromatic N) is 1. The zero-order valence-corrected chi connectivity index (χ0v) is 14.8. The van der Waals surface area contributed by atoms with Gasteiger partial charge in [-0.15, -0.1) is 11.3 Å². The number of benzene rings is 1. The number of aliphatic imine (C=N–C) groups is 1. The van der Waals surface area contributed by atoms with Crippen molar-refractivity contribution in [2.24, 2.45) is 10.7 Å². The molecule has 1 heterocycles. The zero-order valence-electron chi connectivity index (χ0n) is 14.0. The summed E-state index contributed by atoms with van der Waals surface area (Å²) in [6.07, 6.45) is 1.82. The first-order valence-electron chi connectivity index (χ1n) is 8.05. The van der Waals surface area contributed by atoms with Gasteiger partial charge in [0.2, 0.25) is 0 Å². The van der Waals surface area contributed by atoms with Gasteiger partial charge in [0.25, 0.3) is 0 Å². The lowest BCUT2D eigenvalue weighted by Crippen LogP contribution is -2.33. The summed E-state index contributed by atoms with van der Waals surface area (Å²) in [5, 5.41) is 5.21. The predicted octanol–water partition coefficient (Wildman–Crippen LogP) is 2.81. The van der Waals surface area contributed by atoms with Gasteiger partial charge in [0.15, 0.2) is 5.96 Å². The van der Waals surface area contributed by atoms with Crippen molar-refractivity contribution in [3.8, 4) is 5.75 Å². The SMILES string of the molecule is COc1ccc(COCCCN=C(N)NCCc2cccs2)cc1. The van der Waals surface area contributed by atoms with E-state index in [4.69, 9.17) is 15.2 Å². The first kappa shape index (κ1) is 18.3. The number of nitrogens with two attached hydrogens (primary N) is 1. The van der Waals surface area contributed by atoms with Gasteiger partial charge in [0.1, 0.15) is 5.75 Å². The monoisotopic (exact) mass is 347 g/mol. The topological polar surface area (TPSA) is 68.9 Å². The second-order valence-corrected chi connectivity index (χ2v) is 6.31. The highest BCUT2D eigenvalue weighted by Crippen LogP contribution is 2.12. The Morgan fingerprint density at radius 1 is 1.25 bits per heavy atom. The number of hydrogen-bond acceptors (Lipinski definition) is 4. The Labute approximate surface area is 147 Å². The van der Waals surface area contributed by atoms with Crippen molar-refractivity contribution in [3.05, 3.63) is 52.2 Å². The van der Waals surface area contributed by atoms with Crippen LogP contribution < -0.4 is 15.8 Å². The Hall–Kier alpha value is -2.05. The summed E-state index contributed by atoms with van der Waals surface area (Å²) >= 11 is 1.76. The van der Waals surface area contributed by atoms with E-state index in [2.05, 4.69) is 27.8 Å². The van der Waals surface area contributed by atoms with Gasteiger partial charge in [0.05, 0.1) is 13.7 Å². The van der Waals surface area contributed by atoms with Gasteiger partial charge < -0.3 is 20.5 Å². The van der Waals surface area contributed by atoms with Crippen molar-refractivity contribution in [1.29, 1.82) is 0 Å². The molecule has 6 heteroatoms. The van der Waals surface area contributed by atoms with Crippen LogP contribution in [-0.4, -0.2) is 32.8 Å².